The average Bonchev–Trinajstić information content (AvgIpc) is 2.88. The summed E-state index contributed by atoms with van der Waals surface area (Å²) in [4.78, 5) is 0. The van der Waals surface area contributed by atoms with E-state index in [0.717, 1.165) is 0 Å². The molecule has 0 unspecified atom stereocenters. The Morgan fingerprint density at radius 3 is 0.469 bits per heavy atom. The van der Waals surface area contributed by atoms with Crippen LogP contribution >= 0.6 is 46.0 Å². The van der Waals surface area contributed by atoms with E-state index in [1.807, 2.05) is 146 Å². The van der Waals surface area contributed by atoms with Crippen LogP contribution in [0.4, 0.5) is 0 Å². The molecule has 0 fully saturated rings. The predicted molar refractivity (Wildman–Crippen MR) is 155 cm³/mol. The van der Waals surface area contributed by atoms with Crippen LogP contribution in [0.15, 0.2) is 146 Å². The van der Waals surface area contributed by atoms with Crippen molar-refractivity contribution in [2.75, 3.05) is 0 Å². The second-order valence-corrected chi connectivity index (χ2v) is 9.03. The van der Waals surface area contributed by atoms with Gasteiger partial charge in [0.1, 0.15) is 8.64 Å². The van der Waals surface area contributed by atoms with Gasteiger partial charge in [0.15, 0.2) is 0 Å². The lowest BCUT2D eigenvalue weighted by Crippen LogP contribution is -2.04. The summed E-state index contributed by atoms with van der Waals surface area (Å²) in [6.07, 6.45) is 0. The summed E-state index contributed by atoms with van der Waals surface area (Å²) in [5.41, 5.74) is 10.2. The van der Waals surface area contributed by atoms with Gasteiger partial charge < -0.3 is 11.5 Å². The molecule has 0 aliphatic rings. The summed E-state index contributed by atoms with van der Waals surface area (Å²) in [6, 6.07) is 48.0. The van der Waals surface area contributed by atoms with Gasteiger partial charge in [-0.2, -0.15) is 0 Å². The van der Waals surface area contributed by atoms with Crippen molar-refractivity contribution in [1.82, 2.24) is 0 Å². The SMILES string of the molecule is NC(=S)SSC(N)=S.c1ccccc1.c1ccccc1.c1ccccc1.c1ccccc1. The van der Waals surface area contributed by atoms with Crippen LogP contribution < -0.4 is 11.5 Å². The van der Waals surface area contributed by atoms with Crippen molar-refractivity contribution in [2.45, 2.75) is 0 Å². The minimum Gasteiger partial charge on any atom is -0.384 e. The van der Waals surface area contributed by atoms with Gasteiger partial charge in [0.2, 0.25) is 0 Å². The Balaban J connectivity index is 0.000000377. The highest BCUT2D eigenvalue weighted by molar-refractivity contribution is 8.89. The lowest BCUT2D eigenvalue weighted by Gasteiger charge is -1.91. The maximum atomic E-state index is 5.10. The van der Waals surface area contributed by atoms with Crippen molar-refractivity contribution >= 4 is 54.7 Å². The van der Waals surface area contributed by atoms with E-state index in [4.69, 9.17) is 11.5 Å². The predicted octanol–water partition coefficient (Wildman–Crippen LogP) is 7.60. The lowest BCUT2D eigenvalue weighted by atomic mass is 10.4. The monoisotopic (exact) mass is 496 g/mol. The second-order valence-electron chi connectivity index (χ2n) is 5.42. The van der Waals surface area contributed by atoms with Crippen molar-refractivity contribution in [3.63, 3.8) is 0 Å². The van der Waals surface area contributed by atoms with Gasteiger partial charge in [-0.3, -0.25) is 0 Å². The number of hydrogen-bond acceptors (Lipinski definition) is 4. The minimum absolute atomic E-state index is 0.350. The molecule has 0 aliphatic carbocycles. The van der Waals surface area contributed by atoms with Gasteiger partial charge >= 0.3 is 0 Å². The van der Waals surface area contributed by atoms with Crippen LogP contribution in [0.25, 0.3) is 0 Å². The molecule has 0 bridgehead atoms. The zero-order valence-electron chi connectivity index (χ0n) is 17.6. The summed E-state index contributed by atoms with van der Waals surface area (Å²) in [5, 5.41) is 0. The van der Waals surface area contributed by atoms with Crippen molar-refractivity contribution < 1.29 is 0 Å². The van der Waals surface area contributed by atoms with Crippen molar-refractivity contribution in [3.8, 4) is 0 Å². The van der Waals surface area contributed by atoms with Crippen LogP contribution in [0.5, 0.6) is 0 Å². The standard InChI is InChI=1S/4C6H6.C2H4N2S4/c4*1-2-4-6-5-3-1;3-1(5)7-8-2(4)6/h4*1-6H;(H2,3,5)(H2,4,6). The molecule has 4 rings (SSSR count). The van der Waals surface area contributed by atoms with Gasteiger partial charge in [0.05, 0.1) is 0 Å². The fraction of sp³-hybridized carbons (Fsp3) is 0. The number of hydrogen-bond donors (Lipinski definition) is 2. The maximum absolute atomic E-state index is 5.10. The van der Waals surface area contributed by atoms with Crippen LogP contribution in [-0.4, -0.2) is 8.64 Å². The Morgan fingerprint density at radius 2 is 0.406 bits per heavy atom. The Bertz CT molecular complexity index is 632. The van der Waals surface area contributed by atoms with Crippen LogP contribution in [0.3, 0.4) is 0 Å². The first kappa shape index (κ1) is 29.4. The molecular weight excluding hydrogens is 469 g/mol. The van der Waals surface area contributed by atoms with Crippen LogP contribution in [0.1, 0.15) is 0 Å². The number of nitrogens with two attached hydrogens (primary N) is 2. The van der Waals surface area contributed by atoms with Crippen molar-refractivity contribution in [1.29, 1.82) is 0 Å². The zero-order chi connectivity index (χ0) is 23.5. The molecule has 0 radical (unpaired) electrons. The van der Waals surface area contributed by atoms with E-state index in [1.165, 1.54) is 21.6 Å². The van der Waals surface area contributed by atoms with Crippen LogP contribution in [0, 0.1) is 0 Å². The fourth-order valence-electron chi connectivity index (χ4n) is 1.62. The molecule has 4 N–H and O–H groups in total. The zero-order valence-corrected chi connectivity index (χ0v) is 20.9. The average molecular weight is 497 g/mol. The molecule has 4 aromatic rings. The van der Waals surface area contributed by atoms with E-state index in [0.29, 0.717) is 8.64 Å². The first-order valence-electron chi connectivity index (χ1n) is 9.56. The van der Waals surface area contributed by atoms with Gasteiger partial charge in [-0.05, 0) is 21.6 Å². The maximum Gasteiger partial charge on any atom is 0.142 e. The smallest absolute Gasteiger partial charge is 0.142 e. The Labute approximate surface area is 210 Å². The van der Waals surface area contributed by atoms with E-state index in [9.17, 15) is 0 Å². The fourth-order valence-corrected chi connectivity index (χ4v) is 2.89. The van der Waals surface area contributed by atoms with Gasteiger partial charge in [0, 0.05) is 0 Å². The molecule has 0 spiro atoms. The molecule has 0 saturated heterocycles. The summed E-state index contributed by atoms with van der Waals surface area (Å²) in [5.74, 6) is 0. The van der Waals surface area contributed by atoms with Crippen LogP contribution in [-0.2, 0) is 0 Å². The van der Waals surface area contributed by atoms with E-state index in [2.05, 4.69) is 24.4 Å². The molecule has 32 heavy (non-hydrogen) atoms. The molecule has 166 valence electrons. The van der Waals surface area contributed by atoms with E-state index in [-0.39, 0.29) is 0 Å². The molecule has 0 aliphatic heterocycles. The van der Waals surface area contributed by atoms with E-state index < -0.39 is 0 Å². The summed E-state index contributed by atoms with van der Waals surface area (Å²) < 4.78 is 0.700. The highest BCUT2D eigenvalue weighted by atomic mass is 33.1. The number of benzene rings is 4. The first-order chi connectivity index (χ1) is 15.6. The third-order valence-electron chi connectivity index (χ3n) is 2.87. The molecule has 2 nitrogen and oxygen atoms in total. The van der Waals surface area contributed by atoms with Gasteiger partial charge in [0.25, 0.3) is 0 Å². The highest BCUT2D eigenvalue weighted by Gasteiger charge is 1.91. The molecule has 0 saturated carbocycles. The minimum atomic E-state index is 0.350. The third-order valence-corrected chi connectivity index (χ3v) is 5.74. The molecular formula is C26H28N2S4. The molecule has 0 heterocycles. The Kier molecular flexibility index (Phi) is 22.6. The van der Waals surface area contributed by atoms with Gasteiger partial charge in [-0.1, -0.05) is 170 Å². The van der Waals surface area contributed by atoms with E-state index >= 15 is 0 Å². The topological polar surface area (TPSA) is 52.0 Å². The normalized spacial score (nSPS) is 8.12. The summed E-state index contributed by atoms with van der Waals surface area (Å²) in [6.45, 7) is 0. The molecule has 0 amide bonds. The van der Waals surface area contributed by atoms with Crippen molar-refractivity contribution in [2.24, 2.45) is 11.5 Å². The quantitative estimate of drug-likeness (QED) is 0.193. The number of thiocarbonyl (C=S) groups is 2. The van der Waals surface area contributed by atoms with Gasteiger partial charge in [-0.25, -0.2) is 0 Å². The second kappa shape index (κ2) is 24.6. The molecule has 6 heteroatoms. The first-order valence-corrected chi connectivity index (χ1v) is 12.5. The summed E-state index contributed by atoms with van der Waals surface area (Å²) >= 11 is 9.04. The highest BCUT2D eigenvalue weighted by Crippen LogP contribution is 2.20. The van der Waals surface area contributed by atoms with Crippen molar-refractivity contribution in [3.05, 3.63) is 146 Å². The summed E-state index contributed by atoms with van der Waals surface area (Å²) in [7, 11) is 2.40. The number of rotatable bonds is 0. The molecule has 0 aromatic heterocycles. The van der Waals surface area contributed by atoms with Gasteiger partial charge in [-0.15, -0.1) is 0 Å². The van der Waals surface area contributed by atoms with E-state index in [1.54, 1.807) is 0 Å². The largest absolute Gasteiger partial charge is 0.384 e. The third kappa shape index (κ3) is 27.4. The molecule has 0 atom stereocenters. The lowest BCUT2D eigenvalue weighted by molar-refractivity contribution is 1.72. The molecule has 4 aromatic carbocycles. The Hall–Kier alpha value is -2.64. The Morgan fingerprint density at radius 1 is 0.312 bits per heavy atom. The van der Waals surface area contributed by atoms with Crippen LogP contribution in [0.2, 0.25) is 0 Å².